The van der Waals surface area contributed by atoms with Crippen molar-refractivity contribution in [3.05, 3.63) is 51.3 Å². The summed E-state index contributed by atoms with van der Waals surface area (Å²) in [6, 6.07) is 9.64. The molecule has 3 rings (SSSR count). The second kappa shape index (κ2) is 5.44. The minimum Gasteiger partial charge on any atom is -0.507 e. The standard InChI is InChI=1S/C15H10FIN2O2/c1-8-4-10(6-11(16)5-8)14-18-15(21-19-14)9-2-3-12(17)13(20)7-9/h2-7,20H,1H3. The molecule has 1 aromatic heterocycles. The van der Waals surface area contributed by atoms with E-state index in [9.17, 15) is 9.50 Å². The van der Waals surface area contributed by atoms with Gasteiger partial charge < -0.3 is 9.63 Å². The molecule has 0 aliphatic rings. The zero-order valence-corrected chi connectivity index (χ0v) is 13.1. The summed E-state index contributed by atoms with van der Waals surface area (Å²) in [6.45, 7) is 1.80. The molecule has 0 fully saturated rings. The lowest BCUT2D eigenvalue weighted by atomic mass is 10.1. The highest BCUT2D eigenvalue weighted by molar-refractivity contribution is 14.1. The molecule has 0 atom stereocenters. The maximum atomic E-state index is 13.4. The lowest BCUT2D eigenvalue weighted by molar-refractivity contribution is 0.431. The van der Waals surface area contributed by atoms with Gasteiger partial charge >= 0.3 is 0 Å². The molecule has 2 aromatic carbocycles. The Morgan fingerprint density at radius 3 is 2.67 bits per heavy atom. The quantitative estimate of drug-likeness (QED) is 0.661. The number of rotatable bonds is 2. The summed E-state index contributed by atoms with van der Waals surface area (Å²) in [7, 11) is 0. The third-order valence-electron chi connectivity index (χ3n) is 2.92. The van der Waals surface area contributed by atoms with Crippen molar-refractivity contribution < 1.29 is 14.0 Å². The highest BCUT2D eigenvalue weighted by Crippen LogP contribution is 2.28. The van der Waals surface area contributed by atoms with Gasteiger partial charge in [-0.1, -0.05) is 5.16 Å². The van der Waals surface area contributed by atoms with Gasteiger partial charge in [-0.15, -0.1) is 0 Å². The Bertz CT molecular complexity index is 797. The van der Waals surface area contributed by atoms with Gasteiger partial charge in [-0.2, -0.15) is 4.98 Å². The maximum absolute atomic E-state index is 13.4. The fraction of sp³-hybridized carbons (Fsp3) is 0.0667. The zero-order valence-electron chi connectivity index (χ0n) is 11.0. The Balaban J connectivity index is 2.01. The largest absolute Gasteiger partial charge is 0.507 e. The van der Waals surface area contributed by atoms with Crippen LogP contribution in [0.1, 0.15) is 5.56 Å². The lowest BCUT2D eigenvalue weighted by Crippen LogP contribution is -1.85. The van der Waals surface area contributed by atoms with Crippen LogP contribution in [0.5, 0.6) is 5.75 Å². The van der Waals surface area contributed by atoms with E-state index in [4.69, 9.17) is 4.52 Å². The van der Waals surface area contributed by atoms with Gasteiger partial charge in [0.2, 0.25) is 5.82 Å². The smallest absolute Gasteiger partial charge is 0.258 e. The van der Waals surface area contributed by atoms with Crippen LogP contribution in [-0.4, -0.2) is 15.2 Å². The van der Waals surface area contributed by atoms with Gasteiger partial charge in [0.05, 0.1) is 3.57 Å². The van der Waals surface area contributed by atoms with E-state index >= 15 is 0 Å². The molecule has 1 N–H and O–H groups in total. The number of phenolic OH excluding ortho intramolecular Hbond substituents is 1. The van der Waals surface area contributed by atoms with Crippen molar-refractivity contribution in [1.29, 1.82) is 0 Å². The Kier molecular flexibility index (Phi) is 3.62. The van der Waals surface area contributed by atoms with E-state index in [-0.39, 0.29) is 17.5 Å². The Morgan fingerprint density at radius 1 is 1.14 bits per heavy atom. The molecule has 0 spiro atoms. The molecular weight excluding hydrogens is 386 g/mol. The van der Waals surface area contributed by atoms with E-state index in [0.717, 1.165) is 9.13 Å². The van der Waals surface area contributed by atoms with Crippen molar-refractivity contribution in [3.8, 4) is 28.6 Å². The number of hydrogen-bond donors (Lipinski definition) is 1. The zero-order chi connectivity index (χ0) is 15.0. The van der Waals surface area contributed by atoms with Gasteiger partial charge in [-0.25, -0.2) is 4.39 Å². The van der Waals surface area contributed by atoms with Crippen LogP contribution in [0.25, 0.3) is 22.8 Å². The number of halogens is 2. The average molecular weight is 396 g/mol. The van der Waals surface area contributed by atoms with Crippen LogP contribution in [0.15, 0.2) is 40.9 Å². The van der Waals surface area contributed by atoms with E-state index in [2.05, 4.69) is 10.1 Å². The van der Waals surface area contributed by atoms with Crippen LogP contribution in [-0.2, 0) is 0 Å². The molecule has 0 saturated heterocycles. The molecule has 0 saturated carbocycles. The van der Waals surface area contributed by atoms with Crippen LogP contribution in [0.4, 0.5) is 4.39 Å². The highest BCUT2D eigenvalue weighted by Gasteiger charge is 2.13. The minimum atomic E-state index is -0.344. The van der Waals surface area contributed by atoms with Gasteiger partial charge in [-0.05, 0) is 71.5 Å². The van der Waals surface area contributed by atoms with Crippen molar-refractivity contribution in [2.24, 2.45) is 0 Å². The normalized spacial score (nSPS) is 10.8. The van der Waals surface area contributed by atoms with Crippen LogP contribution in [0.2, 0.25) is 0 Å². The predicted octanol–water partition coefficient (Wildman–Crippen LogP) is 4.16. The molecule has 106 valence electrons. The first-order valence-electron chi connectivity index (χ1n) is 6.13. The molecule has 4 nitrogen and oxygen atoms in total. The monoisotopic (exact) mass is 396 g/mol. The van der Waals surface area contributed by atoms with E-state index in [1.165, 1.54) is 12.1 Å². The fourth-order valence-electron chi connectivity index (χ4n) is 1.97. The van der Waals surface area contributed by atoms with Gasteiger partial charge in [-0.3, -0.25) is 0 Å². The summed E-state index contributed by atoms with van der Waals surface area (Å²) in [5.41, 5.74) is 1.94. The molecule has 0 radical (unpaired) electrons. The summed E-state index contributed by atoms with van der Waals surface area (Å²) >= 11 is 2.02. The van der Waals surface area contributed by atoms with E-state index in [1.807, 2.05) is 22.6 Å². The van der Waals surface area contributed by atoms with Crippen molar-refractivity contribution in [2.45, 2.75) is 6.92 Å². The summed E-state index contributed by atoms with van der Waals surface area (Å²) in [5, 5.41) is 13.6. The number of aryl methyl sites for hydroxylation is 1. The summed E-state index contributed by atoms with van der Waals surface area (Å²) in [5.74, 6) is 0.391. The van der Waals surface area contributed by atoms with Crippen LogP contribution in [0, 0.1) is 16.3 Å². The number of benzene rings is 2. The molecule has 0 unspecified atom stereocenters. The molecule has 0 amide bonds. The predicted molar refractivity (Wildman–Crippen MR) is 84.2 cm³/mol. The first kappa shape index (κ1) is 14.0. The van der Waals surface area contributed by atoms with E-state index in [0.29, 0.717) is 17.0 Å². The molecule has 0 aliphatic heterocycles. The van der Waals surface area contributed by atoms with Gasteiger partial charge in [0.15, 0.2) is 0 Å². The van der Waals surface area contributed by atoms with Crippen molar-refractivity contribution in [2.75, 3.05) is 0 Å². The molecule has 1 heterocycles. The summed E-state index contributed by atoms with van der Waals surface area (Å²) in [4.78, 5) is 4.25. The maximum Gasteiger partial charge on any atom is 0.258 e. The van der Waals surface area contributed by atoms with E-state index < -0.39 is 0 Å². The molecule has 21 heavy (non-hydrogen) atoms. The molecule has 3 aromatic rings. The number of aromatic hydroxyl groups is 1. The first-order valence-corrected chi connectivity index (χ1v) is 7.21. The summed E-state index contributed by atoms with van der Waals surface area (Å²) < 4.78 is 19.3. The summed E-state index contributed by atoms with van der Waals surface area (Å²) in [6.07, 6.45) is 0. The van der Waals surface area contributed by atoms with Crippen LogP contribution < -0.4 is 0 Å². The second-order valence-electron chi connectivity index (χ2n) is 4.61. The Morgan fingerprint density at radius 2 is 1.95 bits per heavy atom. The van der Waals surface area contributed by atoms with Crippen LogP contribution >= 0.6 is 22.6 Å². The number of aromatic nitrogens is 2. The third-order valence-corrected chi connectivity index (χ3v) is 3.83. The molecule has 0 aliphatic carbocycles. The Hall–Kier alpha value is -1.96. The topological polar surface area (TPSA) is 59.2 Å². The molecule has 6 heteroatoms. The fourth-order valence-corrected chi connectivity index (χ4v) is 2.30. The molecule has 0 bridgehead atoms. The van der Waals surface area contributed by atoms with Gasteiger partial charge in [0, 0.05) is 11.1 Å². The first-order chi connectivity index (χ1) is 10.0. The number of nitrogens with zero attached hydrogens (tertiary/aromatic N) is 2. The Labute approximate surface area is 133 Å². The lowest BCUT2D eigenvalue weighted by Gasteiger charge is -1.99. The third kappa shape index (κ3) is 2.90. The van der Waals surface area contributed by atoms with Crippen LogP contribution in [0.3, 0.4) is 0 Å². The second-order valence-corrected chi connectivity index (χ2v) is 5.77. The minimum absolute atomic E-state index is 0.148. The number of hydrogen-bond acceptors (Lipinski definition) is 4. The van der Waals surface area contributed by atoms with Crippen molar-refractivity contribution in [3.63, 3.8) is 0 Å². The molecular formula is C15H10FIN2O2. The SMILES string of the molecule is Cc1cc(F)cc(-c2noc(-c3ccc(I)c(O)c3)n2)c1. The van der Waals surface area contributed by atoms with Crippen molar-refractivity contribution >= 4 is 22.6 Å². The highest BCUT2D eigenvalue weighted by atomic mass is 127. The van der Waals surface area contributed by atoms with Gasteiger partial charge in [0.25, 0.3) is 5.89 Å². The number of phenols is 1. The van der Waals surface area contributed by atoms with Crippen molar-refractivity contribution in [1.82, 2.24) is 10.1 Å². The van der Waals surface area contributed by atoms with Gasteiger partial charge in [0.1, 0.15) is 11.6 Å². The van der Waals surface area contributed by atoms with E-state index in [1.54, 1.807) is 31.2 Å². The average Bonchev–Trinajstić information content (AvgIpc) is 2.90.